The van der Waals surface area contributed by atoms with Crippen LogP contribution < -0.4 is 0 Å². The number of hydrogen-bond donors (Lipinski definition) is 0. The van der Waals surface area contributed by atoms with Gasteiger partial charge in [-0.15, -0.1) is 0 Å². The molecule has 0 saturated carbocycles. The van der Waals surface area contributed by atoms with Gasteiger partial charge in [0.2, 0.25) is 5.91 Å². The molecule has 0 heterocycles. The first-order valence-corrected chi connectivity index (χ1v) is 8.57. The van der Waals surface area contributed by atoms with Crippen LogP contribution in [-0.4, -0.2) is 22.2 Å². The Morgan fingerprint density at radius 3 is 2.48 bits per heavy atom. The largest absolute Gasteiger partial charge is 0.335 e. The van der Waals surface area contributed by atoms with Gasteiger partial charge in [-0.1, -0.05) is 66.5 Å². The summed E-state index contributed by atoms with van der Waals surface area (Å²) in [5.74, 6) is 0.483. The van der Waals surface area contributed by atoms with Gasteiger partial charge in [-0.2, -0.15) is 0 Å². The molecule has 0 bridgehead atoms. The van der Waals surface area contributed by atoms with Gasteiger partial charge in [-0.25, -0.2) is 0 Å². The lowest BCUT2D eigenvalue weighted by Crippen LogP contribution is -2.32. The highest BCUT2D eigenvalue weighted by atomic mass is 79.9. The zero-order valence-corrected chi connectivity index (χ0v) is 15.2. The van der Waals surface area contributed by atoms with Crippen molar-refractivity contribution in [3.05, 3.63) is 47.0 Å². The Morgan fingerprint density at radius 1 is 1.33 bits per heavy atom. The molecular weight excluding hydrogens is 350 g/mol. The molecular formula is C17H23BrClNO. The molecule has 0 aromatic heterocycles. The number of rotatable bonds is 7. The molecule has 1 amide bonds. The van der Waals surface area contributed by atoms with Crippen LogP contribution in [0.3, 0.4) is 0 Å². The third kappa shape index (κ3) is 7.14. The zero-order chi connectivity index (χ0) is 15.8. The fourth-order valence-electron chi connectivity index (χ4n) is 1.91. The van der Waals surface area contributed by atoms with Crippen LogP contribution in [0.4, 0.5) is 0 Å². The van der Waals surface area contributed by atoms with Crippen molar-refractivity contribution in [1.82, 2.24) is 4.90 Å². The van der Waals surface area contributed by atoms with E-state index in [4.69, 9.17) is 11.6 Å². The molecule has 1 aromatic carbocycles. The lowest BCUT2D eigenvalue weighted by Gasteiger charge is -2.23. The molecule has 0 aliphatic heterocycles. The van der Waals surface area contributed by atoms with Crippen LogP contribution in [0.1, 0.15) is 32.8 Å². The second kappa shape index (κ2) is 9.26. The Bertz CT molecular complexity index is 470. The van der Waals surface area contributed by atoms with Gasteiger partial charge in [0.05, 0.1) is 0 Å². The summed E-state index contributed by atoms with van der Waals surface area (Å²) < 4.78 is 0. The Balaban J connectivity index is 2.77. The minimum absolute atomic E-state index is 0.0524. The first-order valence-electron chi connectivity index (χ1n) is 7.28. The molecule has 0 saturated heterocycles. The van der Waals surface area contributed by atoms with Crippen LogP contribution >= 0.6 is 27.5 Å². The summed E-state index contributed by atoms with van der Waals surface area (Å²) in [6.45, 7) is 7.66. The second-order valence-electron chi connectivity index (χ2n) is 5.52. The molecule has 0 N–H and O–H groups in total. The fraction of sp³-hybridized carbons (Fsp3) is 0.471. The molecule has 0 fully saturated rings. The van der Waals surface area contributed by atoms with E-state index in [1.807, 2.05) is 35.2 Å². The summed E-state index contributed by atoms with van der Waals surface area (Å²) in [6.07, 6.45) is 4.55. The molecule has 1 unspecified atom stereocenters. The van der Waals surface area contributed by atoms with Gasteiger partial charge >= 0.3 is 0 Å². The highest BCUT2D eigenvalue weighted by molar-refractivity contribution is 9.09. The summed E-state index contributed by atoms with van der Waals surface area (Å²) in [4.78, 5) is 14.5. The number of carbonyl (C=O) groups excluding carboxylic acids is 1. The van der Waals surface area contributed by atoms with Crippen molar-refractivity contribution in [3.63, 3.8) is 0 Å². The van der Waals surface area contributed by atoms with Gasteiger partial charge < -0.3 is 4.90 Å². The van der Waals surface area contributed by atoms with Crippen LogP contribution in [0.5, 0.6) is 0 Å². The maximum atomic E-state index is 12.4. The van der Waals surface area contributed by atoms with Gasteiger partial charge in [0.25, 0.3) is 0 Å². The molecule has 0 spiro atoms. The minimum Gasteiger partial charge on any atom is -0.335 e. The average Bonchev–Trinajstić information content (AvgIpc) is 2.45. The Kier molecular flexibility index (Phi) is 8.05. The van der Waals surface area contributed by atoms with E-state index in [1.54, 1.807) is 6.08 Å². The molecule has 116 valence electrons. The molecule has 1 aromatic rings. The lowest BCUT2D eigenvalue weighted by molar-refractivity contribution is -0.127. The summed E-state index contributed by atoms with van der Waals surface area (Å²) in [7, 11) is 0. The van der Waals surface area contributed by atoms with Crippen molar-refractivity contribution >= 4 is 33.4 Å². The van der Waals surface area contributed by atoms with Crippen LogP contribution in [0.15, 0.2) is 36.4 Å². The van der Waals surface area contributed by atoms with E-state index in [-0.39, 0.29) is 10.7 Å². The number of alkyl halides is 1. The smallest absolute Gasteiger partial charge is 0.246 e. The SMILES string of the molecule is CCC(Br)/C=C/C(=O)N(Cc1ccc(Cl)cc1)CC(C)C. The Morgan fingerprint density at radius 2 is 1.95 bits per heavy atom. The number of amides is 1. The van der Waals surface area contributed by atoms with E-state index >= 15 is 0 Å². The topological polar surface area (TPSA) is 20.3 Å². The molecule has 21 heavy (non-hydrogen) atoms. The molecule has 1 rings (SSSR count). The van der Waals surface area contributed by atoms with E-state index in [9.17, 15) is 4.79 Å². The third-order valence-corrected chi connectivity index (χ3v) is 4.23. The highest BCUT2D eigenvalue weighted by Gasteiger charge is 2.13. The van der Waals surface area contributed by atoms with E-state index in [0.717, 1.165) is 18.5 Å². The van der Waals surface area contributed by atoms with E-state index in [2.05, 4.69) is 36.7 Å². The lowest BCUT2D eigenvalue weighted by atomic mass is 10.1. The van der Waals surface area contributed by atoms with Gasteiger partial charge in [0.15, 0.2) is 0 Å². The van der Waals surface area contributed by atoms with Gasteiger partial charge in [-0.05, 0) is 30.0 Å². The van der Waals surface area contributed by atoms with Gasteiger partial charge in [0.1, 0.15) is 0 Å². The second-order valence-corrected chi connectivity index (χ2v) is 7.14. The highest BCUT2D eigenvalue weighted by Crippen LogP contribution is 2.13. The predicted octanol–water partition coefficient (Wildman–Crippen LogP) is 5.05. The molecule has 0 aliphatic rings. The van der Waals surface area contributed by atoms with Crippen molar-refractivity contribution in [2.75, 3.05) is 6.54 Å². The molecule has 2 nitrogen and oxygen atoms in total. The van der Waals surface area contributed by atoms with Crippen molar-refractivity contribution in [3.8, 4) is 0 Å². The number of allylic oxidation sites excluding steroid dienone is 1. The van der Waals surface area contributed by atoms with Crippen LogP contribution in [0.2, 0.25) is 5.02 Å². The Hall–Kier alpha value is -0.800. The van der Waals surface area contributed by atoms with Gasteiger partial charge in [-0.3, -0.25) is 4.79 Å². The number of halogens is 2. The molecule has 4 heteroatoms. The van der Waals surface area contributed by atoms with Crippen molar-refractivity contribution in [2.45, 2.75) is 38.6 Å². The molecule has 1 atom stereocenters. The van der Waals surface area contributed by atoms with Crippen LogP contribution in [-0.2, 0) is 11.3 Å². The summed E-state index contributed by atoms with van der Waals surface area (Å²) in [6, 6.07) is 7.64. The average molecular weight is 373 g/mol. The Labute approximate surface area is 141 Å². The van der Waals surface area contributed by atoms with Crippen molar-refractivity contribution in [2.24, 2.45) is 5.92 Å². The number of hydrogen-bond acceptors (Lipinski definition) is 1. The first kappa shape index (κ1) is 18.2. The third-order valence-electron chi connectivity index (χ3n) is 3.02. The van der Waals surface area contributed by atoms with Crippen LogP contribution in [0, 0.1) is 5.92 Å². The maximum absolute atomic E-state index is 12.4. The van der Waals surface area contributed by atoms with E-state index in [1.165, 1.54) is 0 Å². The normalized spacial score (nSPS) is 12.9. The first-order chi connectivity index (χ1) is 9.92. The van der Waals surface area contributed by atoms with E-state index in [0.29, 0.717) is 17.5 Å². The molecule has 0 aliphatic carbocycles. The monoisotopic (exact) mass is 371 g/mol. The van der Waals surface area contributed by atoms with Gasteiger partial charge in [0, 0.05) is 29.0 Å². The summed E-state index contributed by atoms with van der Waals surface area (Å²) in [5, 5.41) is 0.713. The van der Waals surface area contributed by atoms with E-state index < -0.39 is 0 Å². The zero-order valence-electron chi connectivity index (χ0n) is 12.9. The fourth-order valence-corrected chi connectivity index (χ4v) is 2.19. The number of carbonyl (C=O) groups is 1. The number of nitrogens with zero attached hydrogens (tertiary/aromatic N) is 1. The van der Waals surface area contributed by atoms with Crippen LogP contribution in [0.25, 0.3) is 0 Å². The maximum Gasteiger partial charge on any atom is 0.246 e. The molecule has 0 radical (unpaired) electrons. The quantitative estimate of drug-likeness (QED) is 0.484. The van der Waals surface area contributed by atoms with Crippen molar-refractivity contribution in [1.29, 1.82) is 0 Å². The minimum atomic E-state index is 0.0524. The van der Waals surface area contributed by atoms with Crippen molar-refractivity contribution < 1.29 is 4.79 Å². The predicted molar refractivity (Wildman–Crippen MR) is 93.9 cm³/mol. The number of benzene rings is 1. The standard InChI is InChI=1S/C17H23BrClNO/c1-4-15(18)7-10-17(21)20(11-13(2)3)12-14-5-8-16(19)9-6-14/h5-10,13,15H,4,11-12H2,1-3H3/b10-7+. The summed E-state index contributed by atoms with van der Waals surface area (Å²) >= 11 is 9.41. The summed E-state index contributed by atoms with van der Waals surface area (Å²) in [5.41, 5.74) is 1.09.